The molecule has 39 heavy (non-hydrogen) atoms. The zero-order chi connectivity index (χ0) is 26.0. The molecule has 2 fully saturated rings. The first-order chi connectivity index (χ1) is 17.8. The fraction of sp³-hybridized carbons (Fsp3) is 0.385. The molecule has 3 unspecified atom stereocenters. The highest BCUT2D eigenvalue weighted by Crippen LogP contribution is 2.40. The fourth-order valence-corrected chi connectivity index (χ4v) is 5.35. The number of piperazine rings is 1. The first kappa shape index (κ1) is 31.1. The van der Waals surface area contributed by atoms with Gasteiger partial charge in [0.25, 0.3) is 0 Å². The SMILES string of the molecule is CC1CN(c2ccc(OCC3COC(Cn4ccnc4)(c4ccc(Cl)cc4Cl)O3)cc2)CCN1C(=O)O.Cl.Cl. The van der Waals surface area contributed by atoms with E-state index >= 15 is 0 Å². The number of amides is 1. The molecule has 1 N–H and O–H groups in total. The molecule has 0 bridgehead atoms. The molecule has 3 heterocycles. The van der Waals surface area contributed by atoms with Crippen molar-refractivity contribution in [3.63, 3.8) is 0 Å². The van der Waals surface area contributed by atoms with Crippen molar-refractivity contribution in [3.05, 3.63) is 76.8 Å². The summed E-state index contributed by atoms with van der Waals surface area (Å²) >= 11 is 12.6. The van der Waals surface area contributed by atoms with Crippen LogP contribution in [0.1, 0.15) is 12.5 Å². The van der Waals surface area contributed by atoms with Gasteiger partial charge in [-0.05, 0) is 43.3 Å². The number of hydrogen-bond donors (Lipinski definition) is 1. The number of aromatic nitrogens is 2. The third-order valence-electron chi connectivity index (χ3n) is 6.66. The molecule has 3 aromatic rings. The maximum atomic E-state index is 11.3. The lowest BCUT2D eigenvalue weighted by atomic mass is 10.1. The molecular weight excluding hydrogens is 590 g/mol. The van der Waals surface area contributed by atoms with Gasteiger partial charge < -0.3 is 33.7 Å². The van der Waals surface area contributed by atoms with Crippen LogP contribution in [0.25, 0.3) is 0 Å². The predicted octanol–water partition coefficient (Wildman–Crippen LogP) is 5.57. The van der Waals surface area contributed by atoms with Gasteiger partial charge in [0.05, 0.1) is 24.5 Å². The first-order valence-electron chi connectivity index (χ1n) is 12.0. The topological polar surface area (TPSA) is 89.3 Å². The number of hydrogen-bond acceptors (Lipinski definition) is 6. The molecule has 5 rings (SSSR count). The summed E-state index contributed by atoms with van der Waals surface area (Å²) in [6, 6.07) is 13.0. The van der Waals surface area contributed by atoms with Gasteiger partial charge >= 0.3 is 6.09 Å². The minimum absolute atomic E-state index is 0. The van der Waals surface area contributed by atoms with Crippen LogP contribution < -0.4 is 9.64 Å². The van der Waals surface area contributed by atoms with E-state index in [1.165, 1.54) is 4.90 Å². The molecule has 212 valence electrons. The largest absolute Gasteiger partial charge is 0.491 e. The molecule has 2 aliphatic rings. The summed E-state index contributed by atoms with van der Waals surface area (Å²) in [5.74, 6) is -0.393. The van der Waals surface area contributed by atoms with Crippen molar-refractivity contribution in [3.8, 4) is 5.75 Å². The fourth-order valence-electron chi connectivity index (χ4n) is 4.79. The van der Waals surface area contributed by atoms with E-state index in [9.17, 15) is 9.90 Å². The number of benzene rings is 2. The van der Waals surface area contributed by atoms with E-state index < -0.39 is 11.9 Å². The zero-order valence-corrected chi connectivity index (χ0v) is 24.3. The molecule has 0 aliphatic carbocycles. The Labute approximate surface area is 249 Å². The quantitative estimate of drug-likeness (QED) is 0.370. The van der Waals surface area contributed by atoms with Crippen LogP contribution in [0.2, 0.25) is 10.0 Å². The third-order valence-corrected chi connectivity index (χ3v) is 7.21. The number of rotatable bonds is 7. The molecule has 0 spiro atoms. The highest BCUT2D eigenvalue weighted by molar-refractivity contribution is 6.35. The normalized spacial score (nSPS) is 22.6. The van der Waals surface area contributed by atoms with E-state index in [-0.39, 0.29) is 37.0 Å². The van der Waals surface area contributed by atoms with Gasteiger partial charge in [0.2, 0.25) is 5.79 Å². The summed E-state index contributed by atoms with van der Waals surface area (Å²) in [4.78, 5) is 19.1. The Morgan fingerprint density at radius 2 is 1.95 bits per heavy atom. The van der Waals surface area contributed by atoms with Crippen molar-refractivity contribution < 1.29 is 24.1 Å². The van der Waals surface area contributed by atoms with Crippen molar-refractivity contribution in [1.29, 1.82) is 0 Å². The Bertz CT molecular complexity index is 1230. The Morgan fingerprint density at radius 1 is 1.18 bits per heavy atom. The van der Waals surface area contributed by atoms with Crippen molar-refractivity contribution in [2.24, 2.45) is 0 Å². The van der Waals surface area contributed by atoms with Crippen molar-refractivity contribution in [2.45, 2.75) is 31.4 Å². The molecule has 2 saturated heterocycles. The molecule has 1 amide bonds. The van der Waals surface area contributed by atoms with Gasteiger partial charge in [-0.25, -0.2) is 9.78 Å². The molecule has 0 radical (unpaired) electrons. The van der Waals surface area contributed by atoms with Gasteiger partial charge in [0.1, 0.15) is 18.5 Å². The van der Waals surface area contributed by atoms with Crippen LogP contribution in [-0.2, 0) is 21.8 Å². The number of carboxylic acid groups (broad SMARTS) is 1. The van der Waals surface area contributed by atoms with Crippen molar-refractivity contribution >= 4 is 59.8 Å². The van der Waals surface area contributed by atoms with Crippen molar-refractivity contribution in [1.82, 2.24) is 14.5 Å². The maximum absolute atomic E-state index is 11.3. The van der Waals surface area contributed by atoms with Gasteiger partial charge in [-0.1, -0.05) is 29.3 Å². The Hall–Kier alpha value is -2.40. The van der Waals surface area contributed by atoms with E-state index in [0.29, 0.717) is 60.8 Å². The summed E-state index contributed by atoms with van der Waals surface area (Å²) < 4.78 is 20.6. The van der Waals surface area contributed by atoms with Gasteiger partial charge in [-0.3, -0.25) is 0 Å². The molecular formula is C26H30Cl4N4O5. The molecule has 2 aromatic carbocycles. The second-order valence-electron chi connectivity index (χ2n) is 9.24. The monoisotopic (exact) mass is 618 g/mol. The second kappa shape index (κ2) is 13.3. The summed E-state index contributed by atoms with van der Waals surface area (Å²) in [6.45, 7) is 4.69. The Morgan fingerprint density at radius 3 is 2.59 bits per heavy atom. The van der Waals surface area contributed by atoms with Crippen LogP contribution in [0, 0.1) is 0 Å². The van der Waals surface area contributed by atoms with E-state index in [1.54, 1.807) is 24.7 Å². The standard InChI is InChI=1S/C26H28Cl2N4O5.2ClH/c1-18-13-31(10-11-32(18)25(33)34)20-3-5-21(6-4-20)35-14-22-15-36-26(37-22,16-30-9-8-29-17-30)23-7-2-19(27)12-24(23)28;;/h2-9,12,17-18,22H,10-11,13-16H2,1H3,(H,33,34);2*1H. The number of halogens is 4. The van der Waals surface area contributed by atoms with Gasteiger partial charge in [0.15, 0.2) is 0 Å². The third kappa shape index (κ3) is 7.03. The number of nitrogens with zero attached hydrogens (tertiary/aromatic N) is 4. The Balaban J connectivity index is 0.00000210. The number of anilines is 1. The maximum Gasteiger partial charge on any atom is 0.407 e. The van der Waals surface area contributed by atoms with Crippen LogP contribution in [0.15, 0.2) is 61.2 Å². The van der Waals surface area contributed by atoms with Crippen LogP contribution in [-0.4, -0.2) is 70.6 Å². The van der Waals surface area contributed by atoms with Crippen LogP contribution in [0.4, 0.5) is 10.5 Å². The minimum Gasteiger partial charge on any atom is -0.491 e. The zero-order valence-electron chi connectivity index (χ0n) is 21.1. The predicted molar refractivity (Wildman–Crippen MR) is 154 cm³/mol. The van der Waals surface area contributed by atoms with Gasteiger partial charge in [-0.2, -0.15) is 0 Å². The lowest BCUT2D eigenvalue weighted by Gasteiger charge is -2.39. The number of ether oxygens (including phenoxy) is 3. The van der Waals surface area contributed by atoms with E-state index in [1.807, 2.05) is 48.0 Å². The summed E-state index contributed by atoms with van der Waals surface area (Å²) in [5, 5.41) is 10.3. The first-order valence-corrected chi connectivity index (χ1v) is 12.8. The summed E-state index contributed by atoms with van der Waals surface area (Å²) in [5.41, 5.74) is 1.72. The van der Waals surface area contributed by atoms with Gasteiger partial charge in [0, 0.05) is 54.3 Å². The smallest absolute Gasteiger partial charge is 0.407 e. The minimum atomic E-state index is -1.10. The number of imidazole rings is 1. The highest BCUT2D eigenvalue weighted by atomic mass is 35.5. The van der Waals surface area contributed by atoms with Crippen LogP contribution in [0.3, 0.4) is 0 Å². The number of carbonyl (C=O) groups is 1. The van der Waals surface area contributed by atoms with Crippen LogP contribution >= 0.6 is 48.0 Å². The molecule has 2 aliphatic heterocycles. The van der Waals surface area contributed by atoms with E-state index in [2.05, 4.69) is 9.88 Å². The average molecular weight is 620 g/mol. The summed E-state index contributed by atoms with van der Waals surface area (Å²) in [7, 11) is 0. The summed E-state index contributed by atoms with van der Waals surface area (Å²) in [6.07, 6.45) is 4.04. The molecule has 0 saturated carbocycles. The lowest BCUT2D eigenvalue weighted by molar-refractivity contribution is -0.189. The average Bonchev–Trinajstić information content (AvgIpc) is 3.53. The van der Waals surface area contributed by atoms with Gasteiger partial charge in [-0.15, -0.1) is 24.8 Å². The second-order valence-corrected chi connectivity index (χ2v) is 10.1. The van der Waals surface area contributed by atoms with E-state index in [0.717, 1.165) is 5.69 Å². The Kier molecular flexibility index (Phi) is 10.6. The van der Waals surface area contributed by atoms with Crippen molar-refractivity contribution in [2.75, 3.05) is 37.7 Å². The molecule has 13 heteroatoms. The molecule has 3 atom stereocenters. The molecule has 1 aromatic heterocycles. The molecule has 9 nitrogen and oxygen atoms in total. The van der Waals surface area contributed by atoms with Crippen LogP contribution in [0.5, 0.6) is 5.75 Å². The van der Waals surface area contributed by atoms with E-state index in [4.69, 9.17) is 37.4 Å². The lowest BCUT2D eigenvalue weighted by Crippen LogP contribution is -2.53. The highest BCUT2D eigenvalue weighted by Gasteiger charge is 2.45.